The Balaban J connectivity index is 1.86. The van der Waals surface area contributed by atoms with Gasteiger partial charge < -0.3 is 10.6 Å². The molecule has 0 bridgehead atoms. The summed E-state index contributed by atoms with van der Waals surface area (Å²) in [6.45, 7) is 4.82. The second kappa shape index (κ2) is 3.82. The Morgan fingerprint density at radius 2 is 2.11 bits per heavy atom. The van der Waals surface area contributed by atoms with Gasteiger partial charge >= 0.3 is 0 Å². The molecule has 96 valence electrons. The van der Waals surface area contributed by atoms with Gasteiger partial charge in [-0.25, -0.2) is 0 Å². The number of nitrogens with zero attached hydrogens (tertiary/aromatic N) is 1. The summed E-state index contributed by atoms with van der Waals surface area (Å²) in [6, 6.07) is 6.74. The molecule has 3 heteroatoms. The highest BCUT2D eigenvalue weighted by atomic mass is 16.2. The van der Waals surface area contributed by atoms with Crippen molar-refractivity contribution in [2.24, 2.45) is 5.73 Å². The fraction of sp³-hybridized carbons (Fsp3) is 0.533. The van der Waals surface area contributed by atoms with Crippen molar-refractivity contribution in [2.75, 3.05) is 0 Å². The van der Waals surface area contributed by atoms with Crippen molar-refractivity contribution < 1.29 is 4.79 Å². The molecule has 18 heavy (non-hydrogen) atoms. The van der Waals surface area contributed by atoms with E-state index in [1.54, 1.807) is 0 Å². The molecule has 1 aromatic carbocycles. The lowest BCUT2D eigenvalue weighted by atomic mass is 9.94. The molecule has 1 aromatic rings. The number of hydrogen-bond donors (Lipinski definition) is 1. The van der Waals surface area contributed by atoms with Gasteiger partial charge in [0.15, 0.2) is 0 Å². The molecule has 1 fully saturated rings. The number of hydrogen-bond acceptors (Lipinski definition) is 2. The van der Waals surface area contributed by atoms with Crippen LogP contribution in [-0.2, 0) is 13.0 Å². The minimum atomic E-state index is -0.230. The van der Waals surface area contributed by atoms with Crippen LogP contribution in [0.4, 0.5) is 0 Å². The predicted octanol–water partition coefficient (Wildman–Crippen LogP) is 2.08. The van der Waals surface area contributed by atoms with Gasteiger partial charge in [0.2, 0.25) is 0 Å². The highest BCUT2D eigenvalue weighted by Crippen LogP contribution is 2.35. The van der Waals surface area contributed by atoms with E-state index in [1.807, 2.05) is 24.8 Å². The van der Waals surface area contributed by atoms with Crippen LogP contribution in [0, 0.1) is 0 Å². The summed E-state index contributed by atoms with van der Waals surface area (Å²) >= 11 is 0. The van der Waals surface area contributed by atoms with Gasteiger partial charge in [0.25, 0.3) is 5.91 Å². The summed E-state index contributed by atoms with van der Waals surface area (Å²) in [7, 11) is 0. The van der Waals surface area contributed by atoms with Crippen molar-refractivity contribution in [1.82, 2.24) is 4.90 Å². The molecule has 0 spiro atoms. The Morgan fingerprint density at radius 1 is 1.39 bits per heavy atom. The van der Waals surface area contributed by atoms with E-state index >= 15 is 0 Å². The molecule has 0 atom stereocenters. The normalized spacial score (nSPS) is 19.3. The van der Waals surface area contributed by atoms with Gasteiger partial charge in [-0.1, -0.05) is 12.1 Å². The van der Waals surface area contributed by atoms with Gasteiger partial charge in [-0.05, 0) is 50.3 Å². The maximum atomic E-state index is 12.3. The van der Waals surface area contributed by atoms with Crippen molar-refractivity contribution in [2.45, 2.75) is 51.2 Å². The molecule has 2 aliphatic rings. The second-order valence-electron chi connectivity index (χ2n) is 6.32. The predicted molar refractivity (Wildman–Crippen MR) is 71.3 cm³/mol. The summed E-state index contributed by atoms with van der Waals surface area (Å²) in [5, 5.41) is 0. The van der Waals surface area contributed by atoms with E-state index in [2.05, 4.69) is 12.1 Å². The molecule has 0 saturated heterocycles. The number of rotatable bonds is 3. The lowest BCUT2D eigenvalue weighted by Crippen LogP contribution is -2.34. The molecule has 1 aliphatic heterocycles. The first-order valence-electron chi connectivity index (χ1n) is 6.66. The molecule has 1 aliphatic carbocycles. The third-order valence-electron chi connectivity index (χ3n) is 3.65. The standard InChI is InChI=1S/C15H20N2O/c1-15(2,16)8-10-3-4-11-9-17(12-5-6-12)14(18)13(11)7-10/h3-4,7,12H,5-6,8-9,16H2,1-2H3. The van der Waals surface area contributed by atoms with Crippen LogP contribution in [0.15, 0.2) is 18.2 Å². The molecule has 3 nitrogen and oxygen atoms in total. The van der Waals surface area contributed by atoms with Crippen LogP contribution in [0.3, 0.4) is 0 Å². The van der Waals surface area contributed by atoms with Crippen LogP contribution >= 0.6 is 0 Å². The largest absolute Gasteiger partial charge is 0.331 e. The Labute approximate surface area is 108 Å². The van der Waals surface area contributed by atoms with Crippen molar-refractivity contribution in [1.29, 1.82) is 0 Å². The zero-order valence-corrected chi connectivity index (χ0v) is 11.1. The van der Waals surface area contributed by atoms with E-state index < -0.39 is 0 Å². The minimum absolute atomic E-state index is 0.212. The Morgan fingerprint density at radius 3 is 2.72 bits per heavy atom. The molecular weight excluding hydrogens is 224 g/mol. The maximum absolute atomic E-state index is 12.3. The van der Waals surface area contributed by atoms with Crippen LogP contribution in [-0.4, -0.2) is 22.4 Å². The summed E-state index contributed by atoms with van der Waals surface area (Å²) in [4.78, 5) is 14.3. The highest BCUT2D eigenvalue weighted by molar-refractivity contribution is 5.98. The maximum Gasteiger partial charge on any atom is 0.254 e. The number of carbonyl (C=O) groups excluding carboxylic acids is 1. The van der Waals surface area contributed by atoms with Gasteiger partial charge in [0.05, 0.1) is 0 Å². The molecule has 0 aromatic heterocycles. The van der Waals surface area contributed by atoms with Crippen LogP contribution in [0.5, 0.6) is 0 Å². The van der Waals surface area contributed by atoms with E-state index in [0.29, 0.717) is 6.04 Å². The van der Waals surface area contributed by atoms with Gasteiger partial charge in [-0.15, -0.1) is 0 Å². The average molecular weight is 244 g/mol. The van der Waals surface area contributed by atoms with Crippen molar-refractivity contribution in [3.63, 3.8) is 0 Å². The zero-order valence-electron chi connectivity index (χ0n) is 11.1. The fourth-order valence-electron chi connectivity index (χ4n) is 2.69. The van der Waals surface area contributed by atoms with Crippen LogP contribution in [0.25, 0.3) is 0 Å². The average Bonchev–Trinajstić information content (AvgIpc) is 3.04. The zero-order chi connectivity index (χ0) is 12.9. The van der Waals surface area contributed by atoms with E-state index in [-0.39, 0.29) is 11.4 Å². The van der Waals surface area contributed by atoms with Crippen LogP contribution in [0.1, 0.15) is 48.2 Å². The molecule has 3 rings (SSSR count). The topological polar surface area (TPSA) is 46.3 Å². The third-order valence-corrected chi connectivity index (χ3v) is 3.65. The molecule has 1 heterocycles. The summed E-state index contributed by atoms with van der Waals surface area (Å²) in [6.07, 6.45) is 3.14. The Kier molecular flexibility index (Phi) is 2.49. The highest BCUT2D eigenvalue weighted by Gasteiger charge is 2.38. The number of nitrogens with two attached hydrogens (primary N) is 1. The Bertz CT molecular complexity index is 498. The van der Waals surface area contributed by atoms with E-state index in [1.165, 1.54) is 18.4 Å². The lowest BCUT2D eigenvalue weighted by Gasteiger charge is -2.18. The van der Waals surface area contributed by atoms with Gasteiger partial charge in [0.1, 0.15) is 0 Å². The fourth-order valence-corrected chi connectivity index (χ4v) is 2.69. The monoisotopic (exact) mass is 244 g/mol. The number of benzene rings is 1. The number of fused-ring (bicyclic) bond motifs is 1. The van der Waals surface area contributed by atoms with E-state index in [4.69, 9.17) is 5.73 Å². The number of amides is 1. The molecule has 1 saturated carbocycles. The lowest BCUT2D eigenvalue weighted by molar-refractivity contribution is 0.0766. The summed E-state index contributed by atoms with van der Waals surface area (Å²) in [5.41, 5.74) is 9.03. The van der Waals surface area contributed by atoms with Crippen LogP contribution < -0.4 is 5.73 Å². The number of carbonyl (C=O) groups is 1. The van der Waals surface area contributed by atoms with Gasteiger partial charge in [-0.3, -0.25) is 4.79 Å². The third kappa shape index (κ3) is 2.15. The second-order valence-corrected chi connectivity index (χ2v) is 6.32. The van der Waals surface area contributed by atoms with E-state index in [9.17, 15) is 4.79 Å². The first-order chi connectivity index (χ1) is 8.44. The van der Waals surface area contributed by atoms with Crippen molar-refractivity contribution >= 4 is 5.91 Å². The van der Waals surface area contributed by atoms with Crippen molar-refractivity contribution in [3.8, 4) is 0 Å². The molecule has 0 radical (unpaired) electrons. The molecule has 2 N–H and O–H groups in total. The smallest absolute Gasteiger partial charge is 0.254 e. The first-order valence-corrected chi connectivity index (χ1v) is 6.66. The quantitative estimate of drug-likeness (QED) is 0.885. The molecular formula is C15H20N2O. The first kappa shape index (κ1) is 11.7. The SMILES string of the molecule is CC(C)(N)Cc1ccc2c(c1)C(=O)N(C1CC1)C2. The van der Waals surface area contributed by atoms with Crippen LogP contribution in [0.2, 0.25) is 0 Å². The minimum Gasteiger partial charge on any atom is -0.331 e. The van der Waals surface area contributed by atoms with E-state index in [0.717, 1.165) is 24.1 Å². The van der Waals surface area contributed by atoms with Crippen molar-refractivity contribution in [3.05, 3.63) is 34.9 Å². The molecule has 0 unspecified atom stereocenters. The Hall–Kier alpha value is -1.35. The van der Waals surface area contributed by atoms with Gasteiger partial charge in [0, 0.05) is 23.7 Å². The van der Waals surface area contributed by atoms with Gasteiger partial charge in [-0.2, -0.15) is 0 Å². The summed E-state index contributed by atoms with van der Waals surface area (Å²) in [5.74, 6) is 0.212. The summed E-state index contributed by atoms with van der Waals surface area (Å²) < 4.78 is 0. The molecule has 1 amide bonds.